The largest absolute Gasteiger partial charge is 0.453 e. The summed E-state index contributed by atoms with van der Waals surface area (Å²) < 4.78 is 39.2. The fourth-order valence-corrected chi connectivity index (χ4v) is 0.981. The molecular weight excluding hydrogens is 310 g/mol. The number of hydrogen-bond donors (Lipinski definition) is 1. The summed E-state index contributed by atoms with van der Waals surface area (Å²) in [5, 5.41) is -3.56. The minimum Gasteiger partial charge on any atom is -0.453 e. The smallest absolute Gasteiger partial charge is 0.379 e. The lowest BCUT2D eigenvalue weighted by atomic mass is 10.3. The van der Waals surface area contributed by atoms with Gasteiger partial charge in [0.05, 0.1) is 0 Å². The zero-order valence-electron chi connectivity index (χ0n) is 11.8. The van der Waals surface area contributed by atoms with Gasteiger partial charge in [-0.3, -0.25) is 4.79 Å². The number of carbonyl (C=O) groups is 3. The van der Waals surface area contributed by atoms with Gasteiger partial charge < -0.3 is 14.2 Å². The lowest BCUT2D eigenvalue weighted by Crippen LogP contribution is -2.46. The van der Waals surface area contributed by atoms with E-state index in [9.17, 15) is 23.2 Å². The van der Waals surface area contributed by atoms with E-state index in [0.717, 1.165) is 13.8 Å². The lowest BCUT2D eigenvalue weighted by molar-refractivity contribution is -0.243. The molecule has 0 N–H and O–H groups in total. The van der Waals surface area contributed by atoms with Crippen molar-refractivity contribution in [3.63, 3.8) is 0 Å². The average Bonchev–Trinajstić information content (AvgIpc) is 2.32. The van der Waals surface area contributed by atoms with Gasteiger partial charge >= 0.3 is 23.0 Å². The summed E-state index contributed by atoms with van der Waals surface area (Å²) in [4.78, 5) is 34.0. The number of hydrogen-bond acceptors (Lipinski definition) is 7. The molecule has 120 valence electrons. The Bertz CT molecular complexity index is 446. The van der Waals surface area contributed by atoms with Crippen molar-refractivity contribution in [1.82, 2.24) is 0 Å². The van der Waals surface area contributed by atoms with Gasteiger partial charge in [-0.15, -0.1) is 12.6 Å². The molecule has 0 rings (SSSR count). The van der Waals surface area contributed by atoms with E-state index in [-0.39, 0.29) is 5.57 Å². The van der Waals surface area contributed by atoms with Crippen LogP contribution in [0.3, 0.4) is 0 Å². The topological polar surface area (TPSA) is 78.9 Å². The first-order valence-electron chi connectivity index (χ1n) is 5.67. The summed E-state index contributed by atoms with van der Waals surface area (Å²) in [7, 11) is 0. The van der Waals surface area contributed by atoms with Crippen LogP contribution in [0, 0.1) is 0 Å². The molecule has 0 radical (unpaired) electrons. The van der Waals surface area contributed by atoms with Crippen molar-refractivity contribution in [2.75, 3.05) is 13.2 Å². The van der Waals surface area contributed by atoms with E-state index < -0.39 is 42.0 Å². The lowest BCUT2D eigenvalue weighted by Gasteiger charge is -2.28. The molecule has 0 aliphatic rings. The van der Waals surface area contributed by atoms with Crippen molar-refractivity contribution in [2.24, 2.45) is 0 Å². The Hall–Kier alpha value is -1.48. The van der Waals surface area contributed by atoms with Crippen LogP contribution in [0.1, 0.15) is 20.8 Å². The van der Waals surface area contributed by atoms with Gasteiger partial charge in [-0.25, -0.2) is 9.59 Å². The van der Waals surface area contributed by atoms with Crippen LogP contribution in [0.25, 0.3) is 0 Å². The quantitative estimate of drug-likeness (QED) is 0.315. The molecule has 6 nitrogen and oxygen atoms in total. The fourth-order valence-electron chi connectivity index (χ4n) is 0.917. The van der Waals surface area contributed by atoms with Gasteiger partial charge in [0.15, 0.2) is 5.78 Å². The second-order valence-electron chi connectivity index (χ2n) is 4.35. The van der Waals surface area contributed by atoms with Crippen LogP contribution in [-0.2, 0) is 28.6 Å². The molecule has 0 saturated carbocycles. The van der Waals surface area contributed by atoms with Crippen molar-refractivity contribution in [3.05, 3.63) is 12.2 Å². The molecule has 0 amide bonds. The number of rotatable bonds is 8. The van der Waals surface area contributed by atoms with Gasteiger partial charge in [-0.1, -0.05) is 6.58 Å². The Morgan fingerprint density at radius 2 is 1.76 bits per heavy atom. The van der Waals surface area contributed by atoms with Crippen LogP contribution in [0.4, 0.5) is 8.78 Å². The number of carbonyl (C=O) groups excluding carboxylic acids is 3. The standard InChI is InChI=1S/C12H16F2O6S/c1-7(2)9(16)20-11(4,19-6-12(13,14)21)10(17)18-5-8(3)15/h21H,1,5-6H2,2-4H3. The Morgan fingerprint density at radius 1 is 1.24 bits per heavy atom. The highest BCUT2D eigenvalue weighted by Crippen LogP contribution is 2.24. The third-order valence-corrected chi connectivity index (χ3v) is 2.06. The predicted molar refractivity (Wildman–Crippen MR) is 70.8 cm³/mol. The number of ether oxygens (including phenoxy) is 3. The number of halogens is 2. The summed E-state index contributed by atoms with van der Waals surface area (Å²) in [5.74, 6) is -5.28. The summed E-state index contributed by atoms with van der Waals surface area (Å²) in [6.07, 6.45) is 0. The molecule has 0 aromatic rings. The molecule has 9 heteroatoms. The molecule has 0 saturated heterocycles. The fraction of sp³-hybridized carbons (Fsp3) is 0.583. The van der Waals surface area contributed by atoms with Crippen molar-refractivity contribution in [2.45, 2.75) is 31.8 Å². The molecule has 1 atom stereocenters. The molecule has 0 aromatic heterocycles. The van der Waals surface area contributed by atoms with Crippen LogP contribution in [-0.4, -0.2) is 42.0 Å². The van der Waals surface area contributed by atoms with E-state index in [1.807, 2.05) is 0 Å². The highest BCUT2D eigenvalue weighted by atomic mass is 32.1. The maximum Gasteiger partial charge on any atom is 0.379 e. The monoisotopic (exact) mass is 326 g/mol. The summed E-state index contributed by atoms with van der Waals surface area (Å²) in [6, 6.07) is 0. The van der Waals surface area contributed by atoms with Crippen molar-refractivity contribution in [1.29, 1.82) is 0 Å². The maximum atomic E-state index is 12.7. The van der Waals surface area contributed by atoms with E-state index in [1.54, 1.807) is 0 Å². The third kappa shape index (κ3) is 7.76. The third-order valence-electron chi connectivity index (χ3n) is 1.93. The van der Waals surface area contributed by atoms with Crippen LogP contribution in [0.15, 0.2) is 12.2 Å². The minimum atomic E-state index is -3.56. The van der Waals surface area contributed by atoms with Gasteiger partial charge in [0.1, 0.15) is 13.2 Å². The second-order valence-corrected chi connectivity index (χ2v) is 5.00. The Morgan fingerprint density at radius 3 is 2.14 bits per heavy atom. The van der Waals surface area contributed by atoms with Crippen LogP contribution in [0.2, 0.25) is 0 Å². The van der Waals surface area contributed by atoms with Gasteiger partial charge in [0, 0.05) is 12.5 Å². The first-order chi connectivity index (χ1) is 9.37. The molecule has 0 aliphatic carbocycles. The zero-order chi connectivity index (χ0) is 16.8. The summed E-state index contributed by atoms with van der Waals surface area (Å²) in [5.41, 5.74) is -0.0816. The average molecular weight is 326 g/mol. The molecular formula is C12H16F2O6S. The van der Waals surface area contributed by atoms with Crippen molar-refractivity contribution < 1.29 is 37.4 Å². The van der Waals surface area contributed by atoms with Crippen LogP contribution in [0.5, 0.6) is 0 Å². The van der Waals surface area contributed by atoms with Gasteiger partial charge in [0.2, 0.25) is 0 Å². The highest BCUT2D eigenvalue weighted by Gasteiger charge is 2.43. The maximum absolute atomic E-state index is 12.7. The molecule has 0 aromatic carbocycles. The number of esters is 2. The van der Waals surface area contributed by atoms with E-state index in [0.29, 0.717) is 0 Å². The number of ketones is 1. The summed E-state index contributed by atoms with van der Waals surface area (Å²) in [6.45, 7) is 4.70. The van der Waals surface area contributed by atoms with Crippen LogP contribution < -0.4 is 0 Å². The van der Waals surface area contributed by atoms with Crippen LogP contribution >= 0.6 is 12.6 Å². The predicted octanol–water partition coefficient (Wildman–Crippen LogP) is 1.49. The molecule has 0 heterocycles. The normalized spacial score (nSPS) is 14.0. The first-order valence-corrected chi connectivity index (χ1v) is 6.12. The Labute approximate surface area is 125 Å². The van der Waals surface area contributed by atoms with E-state index in [1.165, 1.54) is 6.92 Å². The number of Topliss-reactive ketones (excluding diaryl/α,β-unsaturated/α-hetero) is 1. The SMILES string of the molecule is C=C(C)C(=O)OC(C)(OCC(F)(F)S)C(=O)OCC(C)=O. The van der Waals surface area contributed by atoms with E-state index in [2.05, 4.69) is 33.4 Å². The number of alkyl halides is 2. The highest BCUT2D eigenvalue weighted by molar-refractivity contribution is 7.81. The van der Waals surface area contributed by atoms with Gasteiger partial charge in [-0.05, 0) is 13.8 Å². The first kappa shape index (κ1) is 19.5. The van der Waals surface area contributed by atoms with Crippen molar-refractivity contribution >= 4 is 30.4 Å². The molecule has 21 heavy (non-hydrogen) atoms. The second kappa shape index (κ2) is 7.51. The van der Waals surface area contributed by atoms with E-state index >= 15 is 0 Å². The Balaban J connectivity index is 5.05. The number of thiol groups is 1. The zero-order valence-corrected chi connectivity index (χ0v) is 12.7. The van der Waals surface area contributed by atoms with E-state index in [4.69, 9.17) is 0 Å². The van der Waals surface area contributed by atoms with Gasteiger partial charge in [0.25, 0.3) is 0 Å². The Kier molecular flexibility index (Phi) is 6.98. The summed E-state index contributed by atoms with van der Waals surface area (Å²) >= 11 is 2.93. The molecule has 0 spiro atoms. The molecule has 0 bridgehead atoms. The molecule has 0 aliphatic heterocycles. The molecule has 1 unspecified atom stereocenters. The minimum absolute atomic E-state index is 0.0816. The molecule has 0 fully saturated rings. The van der Waals surface area contributed by atoms with Crippen molar-refractivity contribution in [3.8, 4) is 0 Å². The van der Waals surface area contributed by atoms with Gasteiger partial charge in [-0.2, -0.15) is 8.78 Å².